The summed E-state index contributed by atoms with van der Waals surface area (Å²) in [7, 11) is 1.78. The lowest BCUT2D eigenvalue weighted by Crippen LogP contribution is -2.53. The first-order valence-electron chi connectivity index (χ1n) is 7.52. The van der Waals surface area contributed by atoms with Gasteiger partial charge in [-0.1, -0.05) is 11.3 Å². The molecule has 0 bridgehead atoms. The van der Waals surface area contributed by atoms with E-state index in [-0.39, 0.29) is 11.9 Å². The van der Waals surface area contributed by atoms with Crippen molar-refractivity contribution in [2.75, 3.05) is 18.0 Å². The van der Waals surface area contributed by atoms with E-state index in [1.807, 2.05) is 11.8 Å². The average molecular weight is 346 g/mol. The Bertz CT molecular complexity index is 910. The van der Waals surface area contributed by atoms with Gasteiger partial charge in [-0.15, -0.1) is 0 Å². The number of fused-ring (bicyclic) bond motifs is 1. The zero-order valence-corrected chi connectivity index (χ0v) is 14.0. The van der Waals surface area contributed by atoms with Gasteiger partial charge in [0.1, 0.15) is 11.9 Å². The van der Waals surface area contributed by atoms with Crippen molar-refractivity contribution in [3.05, 3.63) is 41.5 Å². The van der Waals surface area contributed by atoms with Gasteiger partial charge in [-0.25, -0.2) is 14.2 Å². The summed E-state index contributed by atoms with van der Waals surface area (Å²) in [5, 5.41) is 4.93. The van der Waals surface area contributed by atoms with E-state index in [0.717, 1.165) is 21.0 Å². The van der Waals surface area contributed by atoms with Crippen molar-refractivity contribution in [2.24, 2.45) is 7.05 Å². The first kappa shape index (κ1) is 15.1. The van der Waals surface area contributed by atoms with E-state index in [4.69, 9.17) is 4.74 Å². The largest absolute Gasteiger partial charge is 0.454 e. The zero-order valence-electron chi connectivity index (χ0n) is 13.2. The van der Waals surface area contributed by atoms with E-state index in [9.17, 15) is 9.18 Å². The summed E-state index contributed by atoms with van der Waals surface area (Å²) in [6, 6.07) is 6.27. The Morgan fingerprint density at radius 2 is 2.17 bits per heavy atom. The number of carbonyl (C=O) groups excluding carboxylic acids is 1. The number of hydrogen-bond donors (Lipinski definition) is 0. The maximum absolute atomic E-state index is 13.2. The molecule has 8 heteroatoms. The number of ether oxygens (including phenoxy) is 1. The molecule has 1 aliphatic rings. The highest BCUT2D eigenvalue weighted by molar-refractivity contribution is 7.22. The third-order valence-electron chi connectivity index (χ3n) is 4.05. The second-order valence-corrected chi connectivity index (χ2v) is 6.84. The molecule has 2 aromatic heterocycles. The molecule has 4 rings (SSSR count). The molecule has 3 aromatic rings. The summed E-state index contributed by atoms with van der Waals surface area (Å²) in [6.07, 6.45) is -0.177. The van der Waals surface area contributed by atoms with Crippen LogP contribution >= 0.6 is 11.3 Å². The third-order valence-corrected chi connectivity index (χ3v) is 5.13. The molecular formula is C16H15FN4O2S. The highest BCUT2D eigenvalue weighted by Crippen LogP contribution is 2.32. The fourth-order valence-corrected chi connectivity index (χ4v) is 3.57. The SMILES string of the molecule is Cc1cc(C(=O)OC2CN(c3nc4ccc(F)cc4s3)C2)nn1C. The smallest absolute Gasteiger partial charge is 0.359 e. The van der Waals surface area contributed by atoms with Crippen molar-refractivity contribution in [1.82, 2.24) is 14.8 Å². The van der Waals surface area contributed by atoms with Crippen LogP contribution in [0.2, 0.25) is 0 Å². The lowest BCUT2D eigenvalue weighted by Gasteiger charge is -2.37. The van der Waals surface area contributed by atoms with Gasteiger partial charge >= 0.3 is 5.97 Å². The first-order valence-corrected chi connectivity index (χ1v) is 8.34. The lowest BCUT2D eigenvalue weighted by molar-refractivity contribution is 0.0226. The number of halogens is 1. The first-order chi connectivity index (χ1) is 11.5. The molecular weight excluding hydrogens is 331 g/mol. The molecule has 1 aromatic carbocycles. The van der Waals surface area contributed by atoms with Crippen molar-refractivity contribution in [2.45, 2.75) is 13.0 Å². The average Bonchev–Trinajstić information content (AvgIpc) is 3.05. The number of aromatic nitrogens is 3. The summed E-state index contributed by atoms with van der Waals surface area (Å²) < 4.78 is 21.1. The number of anilines is 1. The molecule has 0 spiro atoms. The number of rotatable bonds is 3. The maximum Gasteiger partial charge on any atom is 0.359 e. The van der Waals surface area contributed by atoms with Gasteiger partial charge in [0.2, 0.25) is 0 Å². The highest BCUT2D eigenvalue weighted by Gasteiger charge is 2.33. The monoisotopic (exact) mass is 346 g/mol. The molecule has 0 aliphatic carbocycles. The Kier molecular flexibility index (Phi) is 3.49. The highest BCUT2D eigenvalue weighted by atomic mass is 32.1. The fraction of sp³-hybridized carbons (Fsp3) is 0.312. The van der Waals surface area contributed by atoms with Crippen LogP contribution < -0.4 is 4.90 Å². The van der Waals surface area contributed by atoms with Crippen molar-refractivity contribution < 1.29 is 13.9 Å². The summed E-state index contributed by atoms with van der Waals surface area (Å²) >= 11 is 1.44. The van der Waals surface area contributed by atoms with Gasteiger partial charge in [-0.2, -0.15) is 5.10 Å². The number of hydrogen-bond acceptors (Lipinski definition) is 6. The predicted molar refractivity (Wildman–Crippen MR) is 88.9 cm³/mol. The fourth-order valence-electron chi connectivity index (χ4n) is 2.56. The molecule has 0 radical (unpaired) electrons. The molecule has 0 amide bonds. The summed E-state index contributed by atoms with van der Waals surface area (Å²) in [5.41, 5.74) is 2.00. The van der Waals surface area contributed by atoms with Gasteiger partial charge in [0.25, 0.3) is 0 Å². The number of carbonyl (C=O) groups is 1. The van der Waals surface area contributed by atoms with Gasteiger partial charge in [0.15, 0.2) is 10.8 Å². The second-order valence-electron chi connectivity index (χ2n) is 5.84. The molecule has 1 aliphatic heterocycles. The molecule has 0 saturated carbocycles. The van der Waals surface area contributed by atoms with Crippen LogP contribution in [0, 0.1) is 12.7 Å². The number of esters is 1. The van der Waals surface area contributed by atoms with Crippen LogP contribution in [0.25, 0.3) is 10.2 Å². The van der Waals surface area contributed by atoms with Crippen LogP contribution in [0.1, 0.15) is 16.2 Å². The Balaban J connectivity index is 1.39. The third kappa shape index (κ3) is 2.62. The Hall–Kier alpha value is -2.48. The van der Waals surface area contributed by atoms with Crippen LogP contribution in [0.15, 0.2) is 24.3 Å². The Morgan fingerprint density at radius 3 is 2.88 bits per heavy atom. The molecule has 0 N–H and O–H groups in total. The van der Waals surface area contributed by atoms with Crippen LogP contribution in [0.4, 0.5) is 9.52 Å². The van der Waals surface area contributed by atoms with Gasteiger partial charge in [-0.3, -0.25) is 4.68 Å². The van der Waals surface area contributed by atoms with Gasteiger partial charge in [0, 0.05) is 12.7 Å². The predicted octanol–water partition coefficient (Wildman–Crippen LogP) is 2.52. The summed E-state index contributed by atoms with van der Waals surface area (Å²) in [5.74, 6) is -0.673. The molecule has 124 valence electrons. The lowest BCUT2D eigenvalue weighted by atomic mass is 10.2. The van der Waals surface area contributed by atoms with E-state index in [1.165, 1.54) is 23.5 Å². The summed E-state index contributed by atoms with van der Waals surface area (Å²) in [6.45, 7) is 3.05. The molecule has 6 nitrogen and oxygen atoms in total. The molecule has 1 fully saturated rings. The molecule has 24 heavy (non-hydrogen) atoms. The second kappa shape index (κ2) is 5.55. The van der Waals surface area contributed by atoms with Crippen molar-refractivity contribution in [3.63, 3.8) is 0 Å². The zero-order chi connectivity index (χ0) is 16.8. The van der Waals surface area contributed by atoms with E-state index in [2.05, 4.69) is 10.1 Å². The standard InChI is InChI=1S/C16H15FN4O2S/c1-9-5-13(19-20(9)2)15(22)23-11-7-21(8-11)16-18-12-4-3-10(17)6-14(12)24-16/h3-6,11H,7-8H2,1-2H3. The summed E-state index contributed by atoms with van der Waals surface area (Å²) in [4.78, 5) is 18.6. The normalized spacial score (nSPS) is 14.9. The van der Waals surface area contributed by atoms with Crippen molar-refractivity contribution in [3.8, 4) is 0 Å². The minimum absolute atomic E-state index is 0.177. The van der Waals surface area contributed by atoms with Crippen LogP contribution in [0.5, 0.6) is 0 Å². The van der Waals surface area contributed by atoms with E-state index in [1.54, 1.807) is 23.9 Å². The van der Waals surface area contributed by atoms with Crippen molar-refractivity contribution in [1.29, 1.82) is 0 Å². The quantitative estimate of drug-likeness (QED) is 0.682. The van der Waals surface area contributed by atoms with E-state index < -0.39 is 5.97 Å². The van der Waals surface area contributed by atoms with Crippen LogP contribution in [-0.2, 0) is 11.8 Å². The Labute approximate surface area is 141 Å². The minimum atomic E-state index is -0.408. The topological polar surface area (TPSA) is 60.2 Å². The number of nitrogens with zero attached hydrogens (tertiary/aromatic N) is 4. The number of benzene rings is 1. The van der Waals surface area contributed by atoms with E-state index in [0.29, 0.717) is 18.8 Å². The van der Waals surface area contributed by atoms with Crippen LogP contribution in [-0.4, -0.2) is 39.9 Å². The van der Waals surface area contributed by atoms with Gasteiger partial charge in [0.05, 0.1) is 23.3 Å². The van der Waals surface area contributed by atoms with Crippen molar-refractivity contribution >= 4 is 32.7 Å². The van der Waals surface area contributed by atoms with Gasteiger partial charge < -0.3 is 9.64 Å². The number of thiazole rings is 1. The number of aryl methyl sites for hydroxylation is 2. The van der Waals surface area contributed by atoms with E-state index >= 15 is 0 Å². The Morgan fingerprint density at radius 1 is 1.38 bits per heavy atom. The van der Waals surface area contributed by atoms with Gasteiger partial charge in [-0.05, 0) is 31.2 Å². The molecule has 0 atom stereocenters. The minimum Gasteiger partial charge on any atom is -0.454 e. The molecule has 1 saturated heterocycles. The molecule has 3 heterocycles. The molecule has 0 unspecified atom stereocenters. The maximum atomic E-state index is 13.2. The van der Waals surface area contributed by atoms with Crippen LogP contribution in [0.3, 0.4) is 0 Å².